The SMILES string of the molecule is NC(=O)CCSc1ccccc1NCc1ccc(F)cc1. The Morgan fingerprint density at radius 1 is 1.14 bits per heavy atom. The van der Waals surface area contributed by atoms with Crippen LogP contribution >= 0.6 is 11.8 Å². The molecule has 0 saturated heterocycles. The van der Waals surface area contributed by atoms with Gasteiger partial charge in [0.15, 0.2) is 0 Å². The Balaban J connectivity index is 1.96. The highest BCUT2D eigenvalue weighted by atomic mass is 32.2. The van der Waals surface area contributed by atoms with E-state index in [2.05, 4.69) is 5.32 Å². The Kier molecular flexibility index (Phi) is 5.63. The summed E-state index contributed by atoms with van der Waals surface area (Å²) < 4.78 is 12.9. The summed E-state index contributed by atoms with van der Waals surface area (Å²) in [6.45, 7) is 0.619. The molecule has 0 spiro atoms. The third-order valence-electron chi connectivity index (χ3n) is 2.89. The van der Waals surface area contributed by atoms with Crippen molar-refractivity contribution in [3.8, 4) is 0 Å². The van der Waals surface area contributed by atoms with Gasteiger partial charge < -0.3 is 11.1 Å². The molecule has 0 saturated carbocycles. The van der Waals surface area contributed by atoms with Crippen molar-refractivity contribution in [2.45, 2.75) is 17.9 Å². The van der Waals surface area contributed by atoms with Crippen molar-refractivity contribution in [2.24, 2.45) is 5.73 Å². The monoisotopic (exact) mass is 304 g/mol. The van der Waals surface area contributed by atoms with Gasteiger partial charge in [-0.3, -0.25) is 4.79 Å². The smallest absolute Gasteiger partial charge is 0.218 e. The standard InChI is InChI=1S/C16H17FN2OS/c17-13-7-5-12(6-8-13)11-19-14-3-1-2-4-15(14)21-10-9-16(18)20/h1-8,19H,9-11H2,(H2,18,20). The number of nitrogens with two attached hydrogens (primary N) is 1. The van der Waals surface area contributed by atoms with E-state index in [-0.39, 0.29) is 11.7 Å². The number of benzene rings is 2. The minimum atomic E-state index is -0.292. The lowest BCUT2D eigenvalue weighted by atomic mass is 10.2. The van der Waals surface area contributed by atoms with Gasteiger partial charge >= 0.3 is 0 Å². The summed E-state index contributed by atoms with van der Waals surface area (Å²) >= 11 is 1.59. The fourth-order valence-corrected chi connectivity index (χ4v) is 2.79. The van der Waals surface area contributed by atoms with Gasteiger partial charge in [0.05, 0.1) is 0 Å². The van der Waals surface area contributed by atoms with E-state index in [4.69, 9.17) is 5.73 Å². The van der Waals surface area contributed by atoms with Crippen LogP contribution in [0.25, 0.3) is 0 Å². The molecule has 0 aliphatic heterocycles. The van der Waals surface area contributed by atoms with Crippen molar-refractivity contribution in [3.63, 3.8) is 0 Å². The molecule has 110 valence electrons. The van der Waals surface area contributed by atoms with Gasteiger partial charge in [-0.05, 0) is 29.8 Å². The Bertz CT molecular complexity index is 601. The van der Waals surface area contributed by atoms with Crippen LogP contribution in [0.3, 0.4) is 0 Å². The van der Waals surface area contributed by atoms with E-state index in [0.717, 1.165) is 16.1 Å². The molecule has 0 aromatic heterocycles. The average molecular weight is 304 g/mol. The first-order valence-electron chi connectivity index (χ1n) is 6.63. The lowest BCUT2D eigenvalue weighted by Gasteiger charge is -2.11. The average Bonchev–Trinajstić information content (AvgIpc) is 2.47. The first-order valence-corrected chi connectivity index (χ1v) is 7.62. The fraction of sp³-hybridized carbons (Fsp3) is 0.188. The van der Waals surface area contributed by atoms with Gasteiger partial charge in [0.25, 0.3) is 0 Å². The second-order valence-corrected chi connectivity index (χ2v) is 5.68. The summed E-state index contributed by atoms with van der Waals surface area (Å²) in [5, 5.41) is 3.33. The molecule has 0 aliphatic carbocycles. The number of carbonyl (C=O) groups excluding carboxylic acids is 1. The van der Waals surface area contributed by atoms with E-state index in [1.807, 2.05) is 24.3 Å². The number of carbonyl (C=O) groups is 1. The van der Waals surface area contributed by atoms with Crippen LogP contribution in [-0.4, -0.2) is 11.7 Å². The number of hydrogen-bond acceptors (Lipinski definition) is 3. The second kappa shape index (κ2) is 7.69. The quantitative estimate of drug-likeness (QED) is 0.771. The third-order valence-corrected chi connectivity index (χ3v) is 3.96. The van der Waals surface area contributed by atoms with Crippen molar-refractivity contribution in [2.75, 3.05) is 11.1 Å². The molecule has 2 aromatic rings. The van der Waals surface area contributed by atoms with Crippen LogP contribution in [0, 0.1) is 5.82 Å². The van der Waals surface area contributed by atoms with Crippen molar-refractivity contribution in [1.29, 1.82) is 0 Å². The first-order chi connectivity index (χ1) is 10.1. The molecular weight excluding hydrogens is 287 g/mol. The summed E-state index contributed by atoms with van der Waals surface area (Å²) in [7, 11) is 0. The predicted octanol–water partition coefficient (Wildman–Crippen LogP) is 3.41. The van der Waals surface area contributed by atoms with Gasteiger partial charge in [-0.25, -0.2) is 4.39 Å². The van der Waals surface area contributed by atoms with E-state index in [9.17, 15) is 9.18 Å². The fourth-order valence-electron chi connectivity index (χ4n) is 1.80. The van der Waals surface area contributed by atoms with E-state index in [1.54, 1.807) is 23.9 Å². The van der Waals surface area contributed by atoms with Crippen molar-refractivity contribution in [3.05, 3.63) is 59.9 Å². The number of amides is 1. The zero-order valence-electron chi connectivity index (χ0n) is 11.5. The molecule has 0 atom stereocenters. The van der Waals surface area contributed by atoms with Crippen LogP contribution < -0.4 is 11.1 Å². The zero-order valence-corrected chi connectivity index (χ0v) is 12.3. The molecule has 2 aromatic carbocycles. The van der Waals surface area contributed by atoms with Gasteiger partial charge in [0.1, 0.15) is 5.82 Å². The van der Waals surface area contributed by atoms with Gasteiger partial charge in [-0.15, -0.1) is 11.8 Å². The van der Waals surface area contributed by atoms with E-state index in [0.29, 0.717) is 18.7 Å². The normalized spacial score (nSPS) is 10.3. The van der Waals surface area contributed by atoms with Crippen LogP contribution in [0.5, 0.6) is 0 Å². The number of anilines is 1. The molecule has 0 bridgehead atoms. The predicted molar refractivity (Wildman–Crippen MR) is 84.7 cm³/mol. The second-order valence-electron chi connectivity index (χ2n) is 4.54. The van der Waals surface area contributed by atoms with Gasteiger partial charge in [-0.2, -0.15) is 0 Å². The number of nitrogens with one attached hydrogen (secondary N) is 1. The largest absolute Gasteiger partial charge is 0.380 e. The van der Waals surface area contributed by atoms with Crippen molar-refractivity contribution in [1.82, 2.24) is 0 Å². The lowest BCUT2D eigenvalue weighted by Crippen LogP contribution is -2.11. The number of rotatable bonds is 7. The lowest BCUT2D eigenvalue weighted by molar-refractivity contribution is -0.117. The van der Waals surface area contributed by atoms with Gasteiger partial charge in [0.2, 0.25) is 5.91 Å². The van der Waals surface area contributed by atoms with E-state index in [1.165, 1.54) is 12.1 Å². The maximum Gasteiger partial charge on any atom is 0.218 e. The van der Waals surface area contributed by atoms with Crippen molar-refractivity contribution >= 4 is 23.4 Å². The molecule has 5 heteroatoms. The highest BCUT2D eigenvalue weighted by Gasteiger charge is 2.03. The molecule has 0 unspecified atom stereocenters. The number of thioether (sulfide) groups is 1. The van der Waals surface area contributed by atoms with Crippen molar-refractivity contribution < 1.29 is 9.18 Å². The first kappa shape index (κ1) is 15.4. The number of halogens is 1. The zero-order chi connectivity index (χ0) is 15.1. The van der Waals surface area contributed by atoms with Crippen LogP contribution in [0.4, 0.5) is 10.1 Å². The van der Waals surface area contributed by atoms with Crippen LogP contribution in [0.1, 0.15) is 12.0 Å². The number of primary amides is 1. The van der Waals surface area contributed by atoms with Gasteiger partial charge in [-0.1, -0.05) is 24.3 Å². The molecule has 3 nitrogen and oxygen atoms in total. The van der Waals surface area contributed by atoms with E-state index >= 15 is 0 Å². The highest BCUT2D eigenvalue weighted by molar-refractivity contribution is 7.99. The molecule has 21 heavy (non-hydrogen) atoms. The number of para-hydroxylation sites is 1. The topological polar surface area (TPSA) is 55.1 Å². The molecule has 1 amide bonds. The molecule has 0 fully saturated rings. The maximum atomic E-state index is 12.9. The Labute approximate surface area is 127 Å². The molecule has 0 aliphatic rings. The summed E-state index contributed by atoms with van der Waals surface area (Å²) in [6, 6.07) is 14.3. The maximum absolute atomic E-state index is 12.9. The Hall–Kier alpha value is -2.01. The Morgan fingerprint density at radius 2 is 1.86 bits per heavy atom. The molecule has 3 N–H and O–H groups in total. The van der Waals surface area contributed by atoms with Crippen LogP contribution in [0.2, 0.25) is 0 Å². The summed E-state index contributed by atoms with van der Waals surface area (Å²) in [5.41, 5.74) is 7.15. The molecular formula is C16H17FN2OS. The highest BCUT2D eigenvalue weighted by Crippen LogP contribution is 2.27. The molecule has 0 heterocycles. The minimum Gasteiger partial charge on any atom is -0.380 e. The number of hydrogen-bond donors (Lipinski definition) is 2. The van der Waals surface area contributed by atoms with Gasteiger partial charge in [0, 0.05) is 29.3 Å². The minimum absolute atomic E-state index is 0.235. The molecule has 0 radical (unpaired) electrons. The Morgan fingerprint density at radius 3 is 2.57 bits per heavy atom. The molecule has 2 rings (SSSR count). The summed E-state index contributed by atoms with van der Waals surface area (Å²) in [5.74, 6) is 0.130. The van der Waals surface area contributed by atoms with Crippen LogP contribution in [0.15, 0.2) is 53.4 Å². The summed E-state index contributed by atoms with van der Waals surface area (Å²) in [6.07, 6.45) is 0.358. The third kappa shape index (κ3) is 5.11. The van der Waals surface area contributed by atoms with E-state index < -0.39 is 0 Å². The van der Waals surface area contributed by atoms with Crippen LogP contribution in [-0.2, 0) is 11.3 Å². The summed E-state index contributed by atoms with van der Waals surface area (Å²) in [4.78, 5) is 11.8.